The van der Waals surface area contributed by atoms with Crippen molar-refractivity contribution in [1.29, 1.82) is 0 Å². The number of phosphoric ester groups is 1. The van der Waals surface area contributed by atoms with Gasteiger partial charge in [-0.1, -0.05) is 37.1 Å². The first kappa shape index (κ1) is 21.8. The summed E-state index contributed by atoms with van der Waals surface area (Å²) in [6.07, 6.45) is 10.2. The maximum atomic E-state index is 13.0. The molecule has 0 aromatic rings. The standard InChI is InChI=1S/C22H29O7P/c1-13-10-18-16-5-4-14-11-15(23)6-8-20(14,2)17(16)7-9-21(18,3)22(13,25)19(24)12-29-30(26,27)28/h6-8,11,13,16,18,25H,4-5,9-10,12H2,1-3H3,(H2,26,27,28)/t13-,16?,18?,20-,21-,22-/m0/s1. The molecule has 164 valence electrons. The molecular weight excluding hydrogens is 407 g/mol. The third-order valence-corrected chi connectivity index (χ3v) is 8.78. The smallest absolute Gasteiger partial charge is 0.381 e. The van der Waals surface area contributed by atoms with Gasteiger partial charge in [-0.2, -0.15) is 0 Å². The van der Waals surface area contributed by atoms with E-state index in [0.29, 0.717) is 12.8 Å². The van der Waals surface area contributed by atoms with Crippen molar-refractivity contribution in [2.45, 2.75) is 52.1 Å². The maximum Gasteiger partial charge on any atom is 0.470 e. The second kappa shape index (κ2) is 6.81. The fraction of sp³-hybridized carbons (Fsp3) is 0.636. The van der Waals surface area contributed by atoms with Crippen LogP contribution in [0.4, 0.5) is 0 Å². The number of ketones is 2. The zero-order valence-electron chi connectivity index (χ0n) is 17.5. The van der Waals surface area contributed by atoms with E-state index in [1.54, 1.807) is 12.2 Å². The summed E-state index contributed by atoms with van der Waals surface area (Å²) in [5.74, 6) is -0.786. The first-order valence-electron chi connectivity index (χ1n) is 10.4. The first-order chi connectivity index (χ1) is 13.8. The Balaban J connectivity index is 1.70. The predicted octanol–water partition coefficient (Wildman–Crippen LogP) is 2.87. The quantitative estimate of drug-likeness (QED) is 0.458. The van der Waals surface area contributed by atoms with Gasteiger partial charge in [-0.3, -0.25) is 14.1 Å². The van der Waals surface area contributed by atoms with Gasteiger partial charge in [0.05, 0.1) is 0 Å². The molecule has 4 aliphatic rings. The number of allylic oxidation sites excluding steroid dienone is 6. The lowest BCUT2D eigenvalue weighted by Gasteiger charge is -2.53. The topological polar surface area (TPSA) is 121 Å². The van der Waals surface area contributed by atoms with Gasteiger partial charge in [-0.05, 0) is 62.5 Å². The average Bonchev–Trinajstić information content (AvgIpc) is 2.87. The maximum absolute atomic E-state index is 13.0. The lowest BCUT2D eigenvalue weighted by atomic mass is 9.51. The van der Waals surface area contributed by atoms with Crippen molar-refractivity contribution in [2.75, 3.05) is 6.61 Å². The van der Waals surface area contributed by atoms with E-state index in [1.165, 1.54) is 5.57 Å². The molecule has 30 heavy (non-hydrogen) atoms. The van der Waals surface area contributed by atoms with Crippen molar-refractivity contribution in [3.8, 4) is 0 Å². The van der Waals surface area contributed by atoms with E-state index in [2.05, 4.69) is 17.5 Å². The van der Waals surface area contributed by atoms with Gasteiger partial charge in [-0.25, -0.2) is 4.57 Å². The molecule has 0 heterocycles. The Morgan fingerprint density at radius 2 is 2.03 bits per heavy atom. The third-order valence-electron chi connectivity index (χ3n) is 8.32. The Morgan fingerprint density at radius 3 is 2.70 bits per heavy atom. The summed E-state index contributed by atoms with van der Waals surface area (Å²) in [6.45, 7) is 5.06. The molecule has 0 bridgehead atoms. The highest BCUT2D eigenvalue weighted by Gasteiger charge is 2.67. The van der Waals surface area contributed by atoms with E-state index in [0.717, 1.165) is 18.4 Å². The second-order valence-corrected chi connectivity index (χ2v) is 11.0. The lowest BCUT2D eigenvalue weighted by molar-refractivity contribution is -0.161. The molecular formula is C22H29O7P. The number of carbonyl (C=O) groups is 2. The summed E-state index contributed by atoms with van der Waals surface area (Å²) >= 11 is 0. The fourth-order valence-corrected chi connectivity index (χ4v) is 7.00. The fourth-order valence-electron chi connectivity index (χ4n) is 6.71. The molecule has 0 saturated heterocycles. The van der Waals surface area contributed by atoms with Gasteiger partial charge in [-0.15, -0.1) is 0 Å². The monoisotopic (exact) mass is 436 g/mol. The number of carbonyl (C=O) groups excluding carboxylic acids is 2. The number of Topliss-reactive ketones (excluding diaryl/α,β-unsaturated/α-hetero) is 1. The minimum Gasteiger partial charge on any atom is -0.381 e. The predicted molar refractivity (Wildman–Crippen MR) is 109 cm³/mol. The molecule has 7 nitrogen and oxygen atoms in total. The van der Waals surface area contributed by atoms with Gasteiger partial charge in [0.2, 0.25) is 0 Å². The van der Waals surface area contributed by atoms with E-state index in [-0.39, 0.29) is 29.0 Å². The summed E-state index contributed by atoms with van der Waals surface area (Å²) in [5, 5.41) is 11.6. The SMILES string of the molecule is C[C@H]1CC2C3CCC4=CC(=O)C=C[C@]4(C)C3=CC[C@]2(C)[C@@]1(O)C(=O)COP(=O)(O)O. The largest absolute Gasteiger partial charge is 0.470 e. The van der Waals surface area contributed by atoms with Crippen LogP contribution in [0.2, 0.25) is 0 Å². The van der Waals surface area contributed by atoms with Gasteiger partial charge in [0.1, 0.15) is 12.2 Å². The zero-order chi connectivity index (χ0) is 22.1. The molecule has 4 aliphatic carbocycles. The second-order valence-electron chi connectivity index (χ2n) is 9.73. The van der Waals surface area contributed by atoms with Crippen LogP contribution in [0.5, 0.6) is 0 Å². The minimum atomic E-state index is -4.81. The van der Waals surface area contributed by atoms with Crippen LogP contribution in [-0.4, -0.2) is 38.7 Å². The van der Waals surface area contributed by atoms with Crippen molar-refractivity contribution >= 4 is 19.4 Å². The third kappa shape index (κ3) is 2.98. The van der Waals surface area contributed by atoms with Gasteiger partial charge in [0.15, 0.2) is 11.6 Å². The molecule has 2 unspecified atom stereocenters. The molecule has 0 aliphatic heterocycles. The van der Waals surface area contributed by atoms with Crippen LogP contribution in [0.15, 0.2) is 35.5 Å². The number of phosphoric acid groups is 1. The molecule has 8 heteroatoms. The highest BCUT2D eigenvalue weighted by molar-refractivity contribution is 7.46. The molecule has 2 saturated carbocycles. The van der Waals surface area contributed by atoms with Gasteiger partial charge >= 0.3 is 7.82 Å². The van der Waals surface area contributed by atoms with E-state index >= 15 is 0 Å². The van der Waals surface area contributed by atoms with E-state index in [4.69, 9.17) is 9.79 Å². The highest BCUT2D eigenvalue weighted by Crippen LogP contribution is 2.66. The zero-order valence-corrected chi connectivity index (χ0v) is 18.4. The molecule has 0 aromatic carbocycles. The van der Waals surface area contributed by atoms with Gasteiger partial charge < -0.3 is 14.9 Å². The molecule has 2 fully saturated rings. The Morgan fingerprint density at radius 1 is 1.33 bits per heavy atom. The molecule has 0 radical (unpaired) electrons. The first-order valence-corrected chi connectivity index (χ1v) is 12.0. The number of aliphatic hydroxyl groups is 1. The Labute approximate surface area is 176 Å². The summed E-state index contributed by atoms with van der Waals surface area (Å²) in [7, 11) is -4.81. The van der Waals surface area contributed by atoms with Crippen LogP contribution < -0.4 is 0 Å². The van der Waals surface area contributed by atoms with Gasteiger partial charge in [0.25, 0.3) is 0 Å². The van der Waals surface area contributed by atoms with Crippen LogP contribution in [0.25, 0.3) is 0 Å². The average molecular weight is 436 g/mol. The number of fused-ring (bicyclic) bond motifs is 5. The van der Waals surface area contributed by atoms with Crippen LogP contribution in [0.3, 0.4) is 0 Å². The lowest BCUT2D eigenvalue weighted by Crippen LogP contribution is -2.57. The summed E-state index contributed by atoms with van der Waals surface area (Å²) in [5.41, 5.74) is -0.406. The molecule has 3 N–H and O–H groups in total. The molecule has 0 spiro atoms. The van der Waals surface area contributed by atoms with Crippen LogP contribution in [-0.2, 0) is 18.7 Å². The van der Waals surface area contributed by atoms with E-state index in [9.17, 15) is 19.3 Å². The molecule has 0 amide bonds. The van der Waals surface area contributed by atoms with Crippen molar-refractivity contribution in [2.24, 2.45) is 28.6 Å². The molecule has 4 rings (SSSR count). The van der Waals surface area contributed by atoms with E-state index < -0.39 is 31.2 Å². The molecule has 6 atom stereocenters. The van der Waals surface area contributed by atoms with Crippen LogP contribution >= 0.6 is 7.82 Å². The Hall–Kier alpha value is -1.37. The molecule has 0 aromatic heterocycles. The summed E-state index contributed by atoms with van der Waals surface area (Å²) in [6, 6.07) is 0. The number of rotatable bonds is 4. The number of hydrogen-bond acceptors (Lipinski definition) is 5. The van der Waals surface area contributed by atoms with Crippen LogP contribution in [0.1, 0.15) is 46.5 Å². The van der Waals surface area contributed by atoms with Crippen LogP contribution in [0, 0.1) is 28.6 Å². The minimum absolute atomic E-state index is 0.0155. The summed E-state index contributed by atoms with van der Waals surface area (Å²) in [4.78, 5) is 42.8. The summed E-state index contributed by atoms with van der Waals surface area (Å²) < 4.78 is 15.5. The van der Waals surface area contributed by atoms with Crippen molar-refractivity contribution in [1.82, 2.24) is 0 Å². The highest BCUT2D eigenvalue weighted by atomic mass is 31.2. The van der Waals surface area contributed by atoms with Crippen molar-refractivity contribution in [3.05, 3.63) is 35.5 Å². The van der Waals surface area contributed by atoms with Gasteiger partial charge in [0, 0.05) is 10.8 Å². The Kier molecular flexibility index (Phi) is 4.96. The van der Waals surface area contributed by atoms with Crippen molar-refractivity contribution < 1.29 is 33.6 Å². The number of hydrogen-bond donors (Lipinski definition) is 3. The Bertz CT molecular complexity index is 943. The van der Waals surface area contributed by atoms with Crippen molar-refractivity contribution in [3.63, 3.8) is 0 Å². The normalized spacial score (nSPS) is 42.7. The van der Waals surface area contributed by atoms with E-state index in [1.807, 2.05) is 19.9 Å².